The van der Waals surface area contributed by atoms with Gasteiger partial charge in [-0.1, -0.05) is 13.8 Å². The van der Waals surface area contributed by atoms with E-state index in [4.69, 9.17) is 0 Å². The number of nitrogens with one attached hydrogen (secondary N) is 3. The van der Waals surface area contributed by atoms with E-state index in [1.54, 1.807) is 6.07 Å². The van der Waals surface area contributed by atoms with E-state index < -0.39 is 0 Å². The van der Waals surface area contributed by atoms with Crippen LogP contribution in [0.1, 0.15) is 57.8 Å². The summed E-state index contributed by atoms with van der Waals surface area (Å²) in [6, 6.07) is 5.28. The Morgan fingerprint density at radius 2 is 1.81 bits per heavy atom. The van der Waals surface area contributed by atoms with E-state index >= 15 is 0 Å². The molecular weight excluding hydrogens is 328 g/mol. The summed E-state index contributed by atoms with van der Waals surface area (Å²) in [4.78, 5) is 27.1. The summed E-state index contributed by atoms with van der Waals surface area (Å²) in [6.07, 6.45) is 2.28. The number of rotatable bonds is 5. The molecule has 6 nitrogen and oxygen atoms in total. The SMILES string of the molecule is CC(C)CNC(=O)c1cc(NC(=O)NC(C)(C)C)ccc1N1CCCC1. The molecule has 0 spiro atoms. The minimum Gasteiger partial charge on any atom is -0.371 e. The average molecular weight is 361 g/mol. The summed E-state index contributed by atoms with van der Waals surface area (Å²) in [5, 5.41) is 8.68. The number of anilines is 2. The Hall–Kier alpha value is -2.24. The summed E-state index contributed by atoms with van der Waals surface area (Å²) < 4.78 is 0. The Morgan fingerprint density at radius 1 is 1.15 bits per heavy atom. The summed E-state index contributed by atoms with van der Waals surface area (Å²) in [7, 11) is 0. The highest BCUT2D eigenvalue weighted by molar-refractivity contribution is 6.02. The van der Waals surface area contributed by atoms with E-state index in [-0.39, 0.29) is 17.5 Å². The smallest absolute Gasteiger partial charge is 0.319 e. The Bertz CT molecular complexity index is 644. The number of carbonyl (C=O) groups excluding carboxylic acids is 2. The average Bonchev–Trinajstić information content (AvgIpc) is 3.04. The maximum absolute atomic E-state index is 12.7. The van der Waals surface area contributed by atoms with E-state index in [2.05, 4.69) is 34.7 Å². The predicted octanol–water partition coefficient (Wildman–Crippen LogP) is 3.59. The molecule has 1 saturated heterocycles. The van der Waals surface area contributed by atoms with Gasteiger partial charge in [-0.05, 0) is 57.7 Å². The van der Waals surface area contributed by atoms with Crippen LogP contribution < -0.4 is 20.9 Å². The second-order valence-electron chi connectivity index (χ2n) is 8.36. The molecule has 1 aromatic carbocycles. The Balaban J connectivity index is 2.22. The number of hydrogen-bond donors (Lipinski definition) is 3. The van der Waals surface area contributed by atoms with Crippen molar-refractivity contribution in [3.63, 3.8) is 0 Å². The van der Waals surface area contributed by atoms with Crippen LogP contribution in [0.15, 0.2) is 18.2 Å². The molecule has 1 fully saturated rings. The molecule has 0 unspecified atom stereocenters. The second kappa shape index (κ2) is 8.43. The topological polar surface area (TPSA) is 73.5 Å². The summed E-state index contributed by atoms with van der Waals surface area (Å²) in [6.45, 7) is 12.5. The second-order valence-corrected chi connectivity index (χ2v) is 8.36. The quantitative estimate of drug-likeness (QED) is 0.751. The first-order chi connectivity index (χ1) is 12.2. The normalized spacial score (nSPS) is 14.5. The van der Waals surface area contributed by atoms with E-state index in [9.17, 15) is 9.59 Å². The van der Waals surface area contributed by atoms with Crippen molar-refractivity contribution in [1.82, 2.24) is 10.6 Å². The van der Waals surface area contributed by atoms with Crippen LogP contribution in [0.4, 0.5) is 16.2 Å². The van der Waals surface area contributed by atoms with Gasteiger partial charge in [-0.2, -0.15) is 0 Å². The van der Waals surface area contributed by atoms with Crippen LogP contribution in [0.3, 0.4) is 0 Å². The van der Waals surface area contributed by atoms with Crippen molar-refractivity contribution in [3.05, 3.63) is 23.8 Å². The van der Waals surface area contributed by atoms with Gasteiger partial charge in [0.15, 0.2) is 0 Å². The highest BCUT2D eigenvalue weighted by Gasteiger charge is 2.21. The van der Waals surface area contributed by atoms with Crippen LogP contribution in [-0.2, 0) is 0 Å². The van der Waals surface area contributed by atoms with Gasteiger partial charge in [0.1, 0.15) is 0 Å². The molecule has 0 bridgehead atoms. The van der Waals surface area contributed by atoms with Crippen LogP contribution in [0, 0.1) is 5.92 Å². The Kier molecular flexibility index (Phi) is 6.51. The van der Waals surface area contributed by atoms with Gasteiger partial charge in [0, 0.05) is 36.5 Å². The van der Waals surface area contributed by atoms with Crippen LogP contribution in [-0.4, -0.2) is 37.1 Å². The monoisotopic (exact) mass is 360 g/mol. The van der Waals surface area contributed by atoms with E-state index in [0.717, 1.165) is 31.6 Å². The van der Waals surface area contributed by atoms with E-state index in [0.29, 0.717) is 23.7 Å². The van der Waals surface area contributed by atoms with Crippen molar-refractivity contribution in [2.75, 3.05) is 29.9 Å². The maximum Gasteiger partial charge on any atom is 0.319 e. The number of urea groups is 1. The third-order valence-corrected chi connectivity index (χ3v) is 4.11. The molecule has 0 saturated carbocycles. The lowest BCUT2D eigenvalue weighted by atomic mass is 10.1. The first-order valence-electron chi connectivity index (χ1n) is 9.42. The molecule has 2 rings (SSSR count). The summed E-state index contributed by atoms with van der Waals surface area (Å²) >= 11 is 0. The van der Waals surface area contributed by atoms with Crippen molar-refractivity contribution in [2.24, 2.45) is 5.92 Å². The van der Waals surface area contributed by atoms with E-state index in [1.807, 2.05) is 32.9 Å². The standard InChI is InChI=1S/C20H32N4O2/c1-14(2)13-21-18(25)16-12-15(22-19(26)23-20(3,4)5)8-9-17(16)24-10-6-7-11-24/h8-9,12,14H,6-7,10-11,13H2,1-5H3,(H,21,25)(H2,22,23,26). The Morgan fingerprint density at radius 3 is 2.38 bits per heavy atom. The fourth-order valence-electron chi connectivity index (χ4n) is 2.92. The van der Waals surface area contributed by atoms with Crippen LogP contribution in [0.5, 0.6) is 0 Å². The molecule has 0 radical (unpaired) electrons. The third-order valence-electron chi connectivity index (χ3n) is 4.11. The summed E-state index contributed by atoms with van der Waals surface area (Å²) in [5.41, 5.74) is 1.84. The van der Waals surface area contributed by atoms with Crippen molar-refractivity contribution >= 4 is 23.3 Å². The zero-order chi connectivity index (χ0) is 19.3. The highest BCUT2D eigenvalue weighted by Crippen LogP contribution is 2.27. The molecule has 3 amide bonds. The zero-order valence-electron chi connectivity index (χ0n) is 16.6. The Labute approximate surface area is 156 Å². The summed E-state index contributed by atoms with van der Waals surface area (Å²) in [5.74, 6) is 0.286. The molecule has 1 aliphatic heterocycles. The molecule has 144 valence electrons. The zero-order valence-corrected chi connectivity index (χ0v) is 16.6. The third kappa shape index (κ3) is 5.93. The van der Waals surface area contributed by atoms with Crippen LogP contribution >= 0.6 is 0 Å². The van der Waals surface area contributed by atoms with Crippen LogP contribution in [0.25, 0.3) is 0 Å². The van der Waals surface area contributed by atoms with Crippen molar-refractivity contribution in [3.8, 4) is 0 Å². The van der Waals surface area contributed by atoms with Gasteiger partial charge >= 0.3 is 6.03 Å². The lowest BCUT2D eigenvalue weighted by Crippen LogP contribution is -2.43. The molecule has 1 heterocycles. The molecular formula is C20H32N4O2. The molecule has 26 heavy (non-hydrogen) atoms. The molecule has 1 aromatic rings. The van der Waals surface area contributed by atoms with Crippen LogP contribution in [0.2, 0.25) is 0 Å². The van der Waals surface area contributed by atoms with Gasteiger partial charge in [0.2, 0.25) is 0 Å². The van der Waals surface area contributed by atoms with Gasteiger partial charge in [0.25, 0.3) is 5.91 Å². The van der Waals surface area contributed by atoms with Gasteiger partial charge in [-0.3, -0.25) is 4.79 Å². The number of hydrogen-bond acceptors (Lipinski definition) is 3. The van der Waals surface area contributed by atoms with Gasteiger partial charge in [-0.15, -0.1) is 0 Å². The largest absolute Gasteiger partial charge is 0.371 e. The molecule has 3 N–H and O–H groups in total. The molecule has 0 atom stereocenters. The van der Waals surface area contributed by atoms with Crippen molar-refractivity contribution in [2.45, 2.75) is 53.0 Å². The minimum atomic E-state index is -0.322. The lowest BCUT2D eigenvalue weighted by molar-refractivity contribution is 0.0949. The van der Waals surface area contributed by atoms with Gasteiger partial charge in [0.05, 0.1) is 5.56 Å². The molecule has 0 aromatic heterocycles. The number of nitrogens with zero attached hydrogens (tertiary/aromatic N) is 1. The molecule has 1 aliphatic rings. The fourth-order valence-corrected chi connectivity index (χ4v) is 2.92. The fraction of sp³-hybridized carbons (Fsp3) is 0.600. The van der Waals surface area contributed by atoms with E-state index in [1.165, 1.54) is 0 Å². The molecule has 0 aliphatic carbocycles. The minimum absolute atomic E-state index is 0.0968. The number of amides is 3. The van der Waals surface area contributed by atoms with Crippen molar-refractivity contribution in [1.29, 1.82) is 0 Å². The van der Waals surface area contributed by atoms with Crippen molar-refractivity contribution < 1.29 is 9.59 Å². The highest BCUT2D eigenvalue weighted by atomic mass is 16.2. The number of carbonyl (C=O) groups is 2. The lowest BCUT2D eigenvalue weighted by Gasteiger charge is -2.23. The number of benzene rings is 1. The first kappa shape index (κ1) is 20.1. The van der Waals surface area contributed by atoms with Gasteiger partial charge < -0.3 is 20.9 Å². The predicted molar refractivity (Wildman–Crippen MR) is 107 cm³/mol. The maximum atomic E-state index is 12.7. The van der Waals surface area contributed by atoms with Gasteiger partial charge in [-0.25, -0.2) is 4.79 Å². The molecule has 6 heteroatoms. The first-order valence-corrected chi connectivity index (χ1v) is 9.42.